The number of rotatable bonds is 7. The summed E-state index contributed by atoms with van der Waals surface area (Å²) in [6.07, 6.45) is 4.44. The number of nitrogens with one attached hydrogen (secondary N) is 1. The van der Waals surface area contributed by atoms with Crippen LogP contribution < -0.4 is 13.7 Å². The largest absolute Gasteiger partial charge is 0.0622 e. The second-order valence-corrected chi connectivity index (χ2v) is 32.4. The second kappa shape index (κ2) is 12.1. The molecule has 4 saturated carbocycles. The van der Waals surface area contributed by atoms with Crippen molar-refractivity contribution in [3.05, 3.63) is 141 Å². The first kappa shape index (κ1) is 29.1. The van der Waals surface area contributed by atoms with Crippen molar-refractivity contribution in [3.63, 3.8) is 0 Å². The predicted molar refractivity (Wildman–Crippen MR) is 182 cm³/mol. The molecule has 5 aliphatic rings. The molecule has 1 N–H and O–H groups in total. The van der Waals surface area contributed by atoms with Crippen LogP contribution in [0.5, 0.6) is 0 Å². The Bertz CT molecular complexity index is 1520. The molecule has 9 rings (SSSR count). The molecule has 0 spiro atoms. The molecule has 1 unspecified atom stereocenters. The van der Waals surface area contributed by atoms with Gasteiger partial charge in [0.2, 0.25) is 0 Å². The van der Waals surface area contributed by atoms with E-state index in [0.717, 1.165) is 17.8 Å². The SMILES string of the molecule is CC1=C(C)C(C)[C]([Hf]([NH]C23CC4C(C2)C4C3)[SiH](c2ccccc2)c2ccccc2)=C1C.c1ccc(-c2ccccc2)cc1. The molecule has 5 aliphatic carbocycles. The van der Waals surface area contributed by atoms with Crippen LogP contribution in [0.3, 0.4) is 0 Å². The number of allylic oxidation sites excluding steroid dienone is 4. The Kier molecular flexibility index (Phi) is 8.18. The quantitative estimate of drug-likeness (QED) is 0.189. The van der Waals surface area contributed by atoms with Gasteiger partial charge in [0.1, 0.15) is 0 Å². The molecule has 0 heterocycles. The van der Waals surface area contributed by atoms with Crippen molar-refractivity contribution in [3.8, 4) is 11.1 Å². The fraction of sp³-hybridized carbons (Fsp3) is 0.300. The zero-order valence-electron chi connectivity index (χ0n) is 26.1. The van der Waals surface area contributed by atoms with Gasteiger partial charge in [0, 0.05) is 0 Å². The Hall–Kier alpha value is -2.59. The summed E-state index contributed by atoms with van der Waals surface area (Å²) in [6.45, 7) is 9.72. The number of hydrogen-bond donors (Lipinski definition) is 1. The average Bonchev–Trinajstić information content (AvgIpc) is 3.44. The second-order valence-electron chi connectivity index (χ2n) is 13.5. The van der Waals surface area contributed by atoms with E-state index in [1.54, 1.807) is 27.1 Å². The van der Waals surface area contributed by atoms with Gasteiger partial charge in [-0.3, -0.25) is 0 Å². The summed E-state index contributed by atoms with van der Waals surface area (Å²) >= 11 is -2.43. The van der Waals surface area contributed by atoms with Crippen LogP contribution in [0.4, 0.5) is 0 Å². The van der Waals surface area contributed by atoms with Crippen LogP contribution in [0.15, 0.2) is 141 Å². The summed E-state index contributed by atoms with van der Waals surface area (Å²) in [4.78, 5) is 0. The Balaban J connectivity index is 0.000000209. The Morgan fingerprint density at radius 3 is 1.35 bits per heavy atom. The van der Waals surface area contributed by atoms with E-state index in [-0.39, 0.29) is 0 Å². The molecule has 217 valence electrons. The van der Waals surface area contributed by atoms with Crippen LogP contribution in [0.25, 0.3) is 11.1 Å². The summed E-state index contributed by atoms with van der Waals surface area (Å²) < 4.78 is 6.58. The standard InChI is InChI=1S/C12H11Si.C12H10.C9H13.C7H10N.Hf/c1-3-7-11(8-4-1)13-12-9-5-2-6-10-12;1-3-7-11(8-4-1)12-9-5-2-6-10-12;1-6-5-7(2)9(4)8(6)3;8-7-1-4-5(2-7)6(4)3-7;/h1-10,13H;1-10H;6H,1-4H3;4-6,8H,1-3H2;/q;;;-1;+1. The van der Waals surface area contributed by atoms with E-state index in [9.17, 15) is 0 Å². The maximum Gasteiger partial charge on any atom is -0.0184 e. The van der Waals surface area contributed by atoms with Crippen molar-refractivity contribution in [2.75, 3.05) is 0 Å². The van der Waals surface area contributed by atoms with E-state index >= 15 is 0 Å². The molecule has 4 bridgehead atoms. The molecule has 4 fully saturated rings. The average molecular weight is 745 g/mol. The Labute approximate surface area is 267 Å². The Morgan fingerprint density at radius 1 is 0.581 bits per heavy atom. The topological polar surface area (TPSA) is 12.0 Å². The molecule has 1 atom stereocenters. The van der Waals surface area contributed by atoms with Gasteiger partial charge in [-0.05, 0) is 11.1 Å². The molecule has 43 heavy (non-hydrogen) atoms. The summed E-state index contributed by atoms with van der Waals surface area (Å²) in [6, 6.07) is 44.1. The van der Waals surface area contributed by atoms with E-state index in [0.29, 0.717) is 11.5 Å². The summed E-state index contributed by atoms with van der Waals surface area (Å²) in [5.41, 5.74) is 7.91. The molecule has 1 nitrogen and oxygen atoms in total. The maximum absolute atomic E-state index is 4.67. The summed E-state index contributed by atoms with van der Waals surface area (Å²) in [5.74, 6) is 2.55. The zero-order valence-corrected chi connectivity index (χ0v) is 30.8. The van der Waals surface area contributed by atoms with Gasteiger partial charge in [-0.25, -0.2) is 0 Å². The van der Waals surface area contributed by atoms with Gasteiger partial charge in [0.25, 0.3) is 0 Å². The fourth-order valence-corrected chi connectivity index (χ4v) is 42.1. The van der Waals surface area contributed by atoms with Crippen LogP contribution in [0, 0.1) is 23.7 Å². The minimum Gasteiger partial charge on any atom is -0.0622 e. The van der Waals surface area contributed by atoms with Gasteiger partial charge in [0.05, 0.1) is 0 Å². The van der Waals surface area contributed by atoms with Crippen LogP contribution in [-0.2, 0) is 20.9 Å². The molecule has 0 aromatic heterocycles. The van der Waals surface area contributed by atoms with Crippen molar-refractivity contribution >= 4 is 16.4 Å². The van der Waals surface area contributed by atoms with Crippen LogP contribution >= 0.6 is 0 Å². The zero-order chi connectivity index (χ0) is 29.6. The van der Waals surface area contributed by atoms with Gasteiger partial charge in [-0.15, -0.1) is 0 Å². The van der Waals surface area contributed by atoms with Crippen molar-refractivity contribution in [1.29, 1.82) is 0 Å². The van der Waals surface area contributed by atoms with Gasteiger partial charge in [0.15, 0.2) is 0 Å². The van der Waals surface area contributed by atoms with Crippen molar-refractivity contribution in [2.45, 2.75) is 52.5 Å². The predicted octanol–water partition coefficient (Wildman–Crippen LogP) is 8.06. The smallest absolute Gasteiger partial charge is 0.0184 e. The normalized spacial score (nSPS) is 26.5. The van der Waals surface area contributed by atoms with E-state index in [1.165, 1.54) is 30.4 Å². The van der Waals surface area contributed by atoms with Crippen LogP contribution in [0.1, 0.15) is 47.0 Å². The Morgan fingerprint density at radius 2 is 0.977 bits per heavy atom. The van der Waals surface area contributed by atoms with E-state index < -0.39 is 26.9 Å². The minimum atomic E-state index is -2.43. The number of benzene rings is 4. The van der Waals surface area contributed by atoms with Gasteiger partial charge in [-0.2, -0.15) is 0 Å². The molecular formula is C40H44HfNSi. The van der Waals surface area contributed by atoms with Crippen LogP contribution in [-0.4, -0.2) is 11.5 Å². The molecule has 4 aromatic carbocycles. The van der Waals surface area contributed by atoms with Crippen molar-refractivity contribution in [1.82, 2.24) is 3.30 Å². The molecular weight excluding hydrogens is 701 g/mol. The molecule has 0 aliphatic heterocycles. The molecule has 0 saturated heterocycles. The van der Waals surface area contributed by atoms with Gasteiger partial charge in [-0.1, -0.05) is 60.7 Å². The van der Waals surface area contributed by atoms with E-state index in [2.05, 4.69) is 140 Å². The third-order valence-corrected chi connectivity index (χ3v) is 38.8. The first-order valence-electron chi connectivity index (χ1n) is 16.2. The monoisotopic (exact) mass is 746 g/mol. The maximum atomic E-state index is 4.67. The van der Waals surface area contributed by atoms with Crippen molar-refractivity contribution < 1.29 is 20.9 Å². The van der Waals surface area contributed by atoms with Crippen LogP contribution in [0.2, 0.25) is 0 Å². The first-order chi connectivity index (χ1) is 21.0. The number of hydrogen-bond acceptors (Lipinski definition) is 1. The molecule has 0 amide bonds. The fourth-order valence-electron chi connectivity index (χ4n) is 8.65. The van der Waals surface area contributed by atoms with E-state index in [4.69, 9.17) is 0 Å². The molecule has 4 aromatic rings. The third kappa shape index (κ3) is 5.58. The molecule has 3 heteroatoms. The van der Waals surface area contributed by atoms with E-state index in [1.807, 2.05) is 15.5 Å². The van der Waals surface area contributed by atoms with Crippen molar-refractivity contribution in [2.24, 2.45) is 23.7 Å². The minimum absolute atomic E-state index is 0.494. The molecule has 0 radical (unpaired) electrons. The van der Waals surface area contributed by atoms with Gasteiger partial charge >= 0.3 is 197 Å². The summed E-state index contributed by atoms with van der Waals surface area (Å²) in [5, 5.41) is 3.32. The first-order valence-corrected chi connectivity index (χ1v) is 27.7. The van der Waals surface area contributed by atoms with Gasteiger partial charge < -0.3 is 0 Å². The summed E-state index contributed by atoms with van der Waals surface area (Å²) in [7, 11) is 0. The third-order valence-electron chi connectivity index (χ3n) is 11.2.